The normalized spacial score (nSPS) is 25.2. The number of fused-ring (bicyclic) bond motifs is 1. The number of hydrazone groups is 1. The van der Waals surface area contributed by atoms with Gasteiger partial charge in [-0.15, -0.1) is 0 Å². The number of H-pyrrole nitrogens is 1. The van der Waals surface area contributed by atoms with Crippen LogP contribution in [0.15, 0.2) is 94.8 Å². The number of nitrogens with one attached hydrogen (secondary N) is 3. The number of carbonyl (C=O) groups excluding carboxylic acids is 2. The molecule has 11 heteroatoms. The molecule has 1 atom stereocenters. The molecule has 3 aromatic carbocycles. The molecule has 3 N–H and O–H groups in total. The van der Waals surface area contributed by atoms with Gasteiger partial charge in [0.1, 0.15) is 5.69 Å². The van der Waals surface area contributed by atoms with Crippen LogP contribution in [0.25, 0.3) is 10.8 Å². The lowest BCUT2D eigenvalue weighted by Gasteiger charge is -2.60. The Hall–Kier alpha value is -4.71. The van der Waals surface area contributed by atoms with Crippen LogP contribution >= 0.6 is 0 Å². The van der Waals surface area contributed by atoms with E-state index in [1.54, 1.807) is 48.5 Å². The molecule has 1 aromatic heterocycles. The van der Waals surface area contributed by atoms with Gasteiger partial charge in [0.05, 0.1) is 36.5 Å². The summed E-state index contributed by atoms with van der Waals surface area (Å²) in [5, 5.41) is 15.2. The summed E-state index contributed by atoms with van der Waals surface area (Å²) >= 11 is 0. The van der Waals surface area contributed by atoms with Crippen LogP contribution < -0.4 is 16.3 Å². The Morgan fingerprint density at radius 2 is 1.33 bits per heavy atom. The Bertz CT molecular complexity index is 1700. The summed E-state index contributed by atoms with van der Waals surface area (Å²) in [4.78, 5) is 47.0. The minimum Gasteiger partial charge on any atom is -0.335 e. The summed E-state index contributed by atoms with van der Waals surface area (Å²) in [6.07, 6.45) is 0. The van der Waals surface area contributed by atoms with Gasteiger partial charge in [-0.2, -0.15) is 10.2 Å². The van der Waals surface area contributed by atoms with Gasteiger partial charge in [-0.05, 0) is 23.8 Å². The Kier molecular flexibility index (Phi) is 6.62. The van der Waals surface area contributed by atoms with E-state index in [0.717, 1.165) is 50.9 Å². The van der Waals surface area contributed by atoms with Gasteiger partial charge in [0.15, 0.2) is 6.04 Å². The molecular formula is C31H30N8O3. The first-order valence-corrected chi connectivity index (χ1v) is 13.9. The third kappa shape index (κ3) is 4.77. The molecule has 4 saturated heterocycles. The quantitative estimate of drug-likeness (QED) is 0.231. The van der Waals surface area contributed by atoms with Gasteiger partial charge >= 0.3 is 0 Å². The molecule has 11 nitrogen and oxygen atoms in total. The van der Waals surface area contributed by atoms with E-state index >= 15 is 0 Å². The first-order chi connectivity index (χ1) is 20.5. The minimum absolute atomic E-state index is 0.224. The van der Waals surface area contributed by atoms with Gasteiger partial charge in [-0.3, -0.25) is 29.1 Å². The van der Waals surface area contributed by atoms with E-state index in [2.05, 4.69) is 35.6 Å². The van der Waals surface area contributed by atoms with Crippen LogP contribution in [-0.2, 0) is 4.79 Å². The lowest BCUT2D eigenvalue weighted by Crippen LogP contribution is -2.74. The van der Waals surface area contributed by atoms with E-state index in [4.69, 9.17) is 5.10 Å². The number of hydrogen-bond acceptors (Lipinski definition) is 8. The summed E-state index contributed by atoms with van der Waals surface area (Å²) in [7, 11) is 0. The third-order valence-corrected chi connectivity index (χ3v) is 8.18. The molecule has 4 aromatic rings. The maximum Gasteiger partial charge on any atom is 0.272 e. The monoisotopic (exact) mass is 562 g/mol. The number of amides is 2. The van der Waals surface area contributed by atoms with Crippen molar-refractivity contribution in [3.05, 3.63) is 112 Å². The lowest BCUT2D eigenvalue weighted by atomic mass is 9.74. The predicted molar refractivity (Wildman–Crippen MR) is 157 cm³/mol. The molecule has 0 saturated carbocycles. The highest BCUT2D eigenvalue weighted by Crippen LogP contribution is 2.38. The Morgan fingerprint density at radius 1 is 0.786 bits per heavy atom. The molecule has 4 bridgehead atoms. The van der Waals surface area contributed by atoms with E-state index < -0.39 is 17.9 Å². The minimum atomic E-state index is -1.23. The van der Waals surface area contributed by atoms with Gasteiger partial charge in [0.2, 0.25) is 0 Å². The maximum absolute atomic E-state index is 14.0. The van der Waals surface area contributed by atoms with Gasteiger partial charge in [-0.1, -0.05) is 66.7 Å². The molecule has 5 heterocycles. The molecule has 212 valence electrons. The zero-order valence-electron chi connectivity index (χ0n) is 22.9. The van der Waals surface area contributed by atoms with Crippen molar-refractivity contribution in [1.29, 1.82) is 0 Å². The van der Waals surface area contributed by atoms with Crippen LogP contribution in [0, 0.1) is 5.41 Å². The van der Waals surface area contributed by atoms with E-state index in [1.165, 1.54) is 0 Å². The predicted octanol–water partition coefficient (Wildman–Crippen LogP) is 1.72. The Morgan fingerprint density at radius 3 is 1.95 bits per heavy atom. The fraction of sp³-hybridized carbons (Fsp3) is 0.258. The average Bonchev–Trinajstić information content (AvgIpc) is 3.00. The zero-order chi connectivity index (χ0) is 28.7. The molecule has 0 radical (unpaired) electrons. The van der Waals surface area contributed by atoms with Crippen molar-refractivity contribution in [1.82, 2.24) is 35.6 Å². The van der Waals surface area contributed by atoms with Crippen molar-refractivity contribution in [2.45, 2.75) is 6.04 Å². The number of aromatic amines is 1. The maximum atomic E-state index is 14.0. The number of nitrogens with zero attached hydrogens (tertiary/aromatic N) is 5. The highest BCUT2D eigenvalue weighted by atomic mass is 16.2. The summed E-state index contributed by atoms with van der Waals surface area (Å²) in [6.45, 7) is 5.28. The first kappa shape index (κ1) is 26.2. The van der Waals surface area contributed by atoms with E-state index in [9.17, 15) is 14.4 Å². The second kappa shape index (κ2) is 10.6. The molecule has 2 amide bonds. The topological polar surface area (TPSA) is 126 Å². The molecule has 4 aliphatic rings. The first-order valence-electron chi connectivity index (χ1n) is 13.9. The largest absolute Gasteiger partial charge is 0.335 e. The van der Waals surface area contributed by atoms with Crippen LogP contribution in [0.3, 0.4) is 0 Å². The fourth-order valence-electron chi connectivity index (χ4n) is 6.62. The number of hydrogen-bond donors (Lipinski definition) is 3. The molecule has 8 rings (SSSR count). The van der Waals surface area contributed by atoms with Crippen LogP contribution in [0.4, 0.5) is 0 Å². The van der Waals surface area contributed by atoms with Crippen LogP contribution in [-0.4, -0.2) is 82.1 Å². The third-order valence-electron chi connectivity index (χ3n) is 8.18. The highest BCUT2D eigenvalue weighted by molar-refractivity contribution is 6.06. The lowest BCUT2D eigenvalue weighted by molar-refractivity contribution is -0.149. The van der Waals surface area contributed by atoms with E-state index in [-0.39, 0.29) is 16.7 Å². The smallest absolute Gasteiger partial charge is 0.272 e. The molecular weight excluding hydrogens is 532 g/mol. The van der Waals surface area contributed by atoms with Crippen molar-refractivity contribution in [3.8, 4) is 0 Å². The van der Waals surface area contributed by atoms with Gasteiger partial charge in [0.25, 0.3) is 17.4 Å². The Balaban J connectivity index is 1.27. The summed E-state index contributed by atoms with van der Waals surface area (Å²) in [5.74, 6) is -1.02. The second-order valence-corrected chi connectivity index (χ2v) is 11.2. The number of carbonyl (C=O) groups is 2. The van der Waals surface area contributed by atoms with E-state index in [1.807, 2.05) is 36.4 Å². The summed E-state index contributed by atoms with van der Waals surface area (Å²) in [5.41, 5.74) is 4.45. The Labute approximate surface area is 241 Å². The van der Waals surface area contributed by atoms with Crippen LogP contribution in [0.2, 0.25) is 0 Å². The molecule has 0 aliphatic carbocycles. The average molecular weight is 563 g/mol. The summed E-state index contributed by atoms with van der Waals surface area (Å²) < 4.78 is 0. The summed E-state index contributed by atoms with van der Waals surface area (Å²) in [6, 6.07) is 24.2. The van der Waals surface area contributed by atoms with Gasteiger partial charge in [0, 0.05) is 30.6 Å². The standard InChI is InChI=1S/C31H30N8O3/c40-28(22-11-5-2-6-12-22)32-26(25-23-13-7-8-14-24(23)29(41)35-33-25)30(42)36-34-27(21-9-3-1-4-10-21)31-15-37-18-38(16-31)20-39(17-31)19-37/h1-14,26H,15-20H2,(H,32,40)(H,35,41)(H,36,42)/t26-/m0/s1. The van der Waals surface area contributed by atoms with Crippen LogP contribution in [0.5, 0.6) is 0 Å². The molecule has 0 unspecified atom stereocenters. The molecule has 4 aliphatic heterocycles. The van der Waals surface area contributed by atoms with Crippen molar-refractivity contribution in [3.63, 3.8) is 0 Å². The van der Waals surface area contributed by atoms with Gasteiger partial charge < -0.3 is 5.32 Å². The van der Waals surface area contributed by atoms with Crippen molar-refractivity contribution in [2.24, 2.45) is 10.5 Å². The highest BCUT2D eigenvalue weighted by Gasteiger charge is 2.52. The molecule has 4 fully saturated rings. The number of benzene rings is 3. The SMILES string of the molecule is O=C(N[C@H](C(=O)NN=C(c1ccccc1)C12CN3CN(CN(C3)C1)C2)c1n[nH]c(=O)c2ccccc12)c1ccccc1. The number of aromatic nitrogens is 2. The molecule has 42 heavy (non-hydrogen) atoms. The van der Waals surface area contributed by atoms with Crippen molar-refractivity contribution < 1.29 is 9.59 Å². The second-order valence-electron chi connectivity index (χ2n) is 11.2. The molecule has 0 spiro atoms. The van der Waals surface area contributed by atoms with Crippen molar-refractivity contribution >= 4 is 28.3 Å². The fourth-order valence-corrected chi connectivity index (χ4v) is 6.62. The van der Waals surface area contributed by atoms with Crippen LogP contribution in [0.1, 0.15) is 27.7 Å². The zero-order valence-corrected chi connectivity index (χ0v) is 22.9. The van der Waals surface area contributed by atoms with Gasteiger partial charge in [-0.25, -0.2) is 10.5 Å². The van der Waals surface area contributed by atoms with E-state index in [0.29, 0.717) is 16.3 Å². The number of rotatable bonds is 7. The van der Waals surface area contributed by atoms with Crippen molar-refractivity contribution in [2.75, 3.05) is 39.6 Å².